The van der Waals surface area contributed by atoms with Gasteiger partial charge in [0, 0.05) is 10.4 Å². The molecule has 17 heavy (non-hydrogen) atoms. The minimum absolute atomic E-state index is 0.0724. The lowest BCUT2D eigenvalue weighted by molar-refractivity contribution is -0.147. The average molecular weight is 301 g/mol. The van der Waals surface area contributed by atoms with Gasteiger partial charge in [-0.15, -0.1) is 0 Å². The molecule has 1 N–H and O–H groups in total. The summed E-state index contributed by atoms with van der Waals surface area (Å²) < 4.78 is 6.56. The van der Waals surface area contributed by atoms with Crippen molar-refractivity contribution in [3.8, 4) is 5.75 Å². The van der Waals surface area contributed by atoms with Gasteiger partial charge in [-0.1, -0.05) is 29.8 Å². The lowest BCUT2D eigenvalue weighted by Crippen LogP contribution is -2.32. The fraction of sp³-hybridized carbons (Fsp3) is 0.462. The Labute approximate surface area is 110 Å². The summed E-state index contributed by atoms with van der Waals surface area (Å²) in [5.41, 5.74) is 2.07. The van der Waals surface area contributed by atoms with Crippen LogP contribution in [0.25, 0.3) is 0 Å². The van der Waals surface area contributed by atoms with Crippen LogP contribution in [0.1, 0.15) is 25.0 Å². The molecule has 3 nitrogen and oxygen atoms in total. The van der Waals surface area contributed by atoms with E-state index < -0.39 is 12.1 Å². The van der Waals surface area contributed by atoms with Gasteiger partial charge in [-0.2, -0.15) is 0 Å². The molecule has 0 saturated heterocycles. The minimum Gasteiger partial charge on any atom is -0.478 e. The molecule has 1 rings (SSSR count). The van der Waals surface area contributed by atoms with Crippen molar-refractivity contribution in [2.75, 3.05) is 0 Å². The van der Waals surface area contributed by atoms with Crippen molar-refractivity contribution in [3.63, 3.8) is 0 Å². The second kappa shape index (κ2) is 5.54. The van der Waals surface area contributed by atoms with Gasteiger partial charge in [0.25, 0.3) is 0 Å². The molecule has 0 aliphatic rings. The minimum atomic E-state index is -0.932. The molecule has 0 saturated carbocycles. The molecule has 0 bridgehead atoms. The van der Waals surface area contributed by atoms with Crippen molar-refractivity contribution < 1.29 is 14.6 Å². The van der Waals surface area contributed by atoms with Crippen molar-refractivity contribution in [1.82, 2.24) is 0 Å². The van der Waals surface area contributed by atoms with Crippen LogP contribution in [0.4, 0.5) is 0 Å². The van der Waals surface area contributed by atoms with E-state index in [1.807, 2.05) is 39.8 Å². The first-order valence-electron chi connectivity index (χ1n) is 5.49. The molecule has 0 heterocycles. The molecule has 0 spiro atoms. The van der Waals surface area contributed by atoms with Gasteiger partial charge in [0.15, 0.2) is 6.10 Å². The van der Waals surface area contributed by atoms with Gasteiger partial charge >= 0.3 is 5.97 Å². The summed E-state index contributed by atoms with van der Waals surface area (Å²) >= 11 is 3.47. The molecular formula is C13H17BrO3. The molecule has 0 radical (unpaired) electrons. The summed E-state index contributed by atoms with van der Waals surface area (Å²) in [5.74, 6) is -0.403. The summed E-state index contributed by atoms with van der Waals surface area (Å²) in [6.07, 6.45) is -0.810. The van der Waals surface area contributed by atoms with E-state index in [0.717, 1.165) is 15.6 Å². The Morgan fingerprint density at radius 1 is 1.29 bits per heavy atom. The Morgan fingerprint density at radius 3 is 2.12 bits per heavy atom. The van der Waals surface area contributed by atoms with Crippen molar-refractivity contribution in [1.29, 1.82) is 0 Å². The molecule has 94 valence electrons. The summed E-state index contributed by atoms with van der Waals surface area (Å²) in [6.45, 7) is 7.57. The lowest BCUT2D eigenvalue weighted by Gasteiger charge is -2.19. The number of carbonyl (C=O) groups is 1. The van der Waals surface area contributed by atoms with E-state index in [9.17, 15) is 4.79 Å². The van der Waals surface area contributed by atoms with Crippen molar-refractivity contribution in [3.05, 3.63) is 27.7 Å². The van der Waals surface area contributed by atoms with Gasteiger partial charge < -0.3 is 9.84 Å². The van der Waals surface area contributed by atoms with Crippen LogP contribution in [-0.2, 0) is 4.79 Å². The number of benzene rings is 1. The normalized spacial score (nSPS) is 12.6. The molecule has 4 heteroatoms. The predicted molar refractivity (Wildman–Crippen MR) is 70.5 cm³/mol. The molecule has 0 amide bonds. The molecule has 0 aliphatic heterocycles. The topological polar surface area (TPSA) is 46.5 Å². The number of carboxylic acids is 1. The molecule has 0 aromatic heterocycles. The number of ether oxygens (including phenoxy) is 1. The lowest BCUT2D eigenvalue weighted by atomic mass is 10.1. The smallest absolute Gasteiger partial charge is 0.345 e. The van der Waals surface area contributed by atoms with Crippen LogP contribution in [-0.4, -0.2) is 17.2 Å². The maximum atomic E-state index is 11.0. The molecule has 1 atom stereocenters. The first-order chi connectivity index (χ1) is 7.82. The fourth-order valence-electron chi connectivity index (χ4n) is 1.59. The van der Waals surface area contributed by atoms with E-state index >= 15 is 0 Å². The zero-order chi connectivity index (χ0) is 13.2. The van der Waals surface area contributed by atoms with Gasteiger partial charge in [-0.3, -0.25) is 0 Å². The van der Waals surface area contributed by atoms with Crippen LogP contribution in [0.5, 0.6) is 5.75 Å². The first kappa shape index (κ1) is 14.0. The van der Waals surface area contributed by atoms with Crippen LogP contribution in [0.15, 0.2) is 16.6 Å². The Kier molecular flexibility index (Phi) is 4.57. The van der Waals surface area contributed by atoms with Gasteiger partial charge in [-0.25, -0.2) is 4.79 Å². The fourth-order valence-corrected chi connectivity index (χ4v) is 1.82. The number of hydrogen-bond acceptors (Lipinski definition) is 2. The Balaban J connectivity index is 2.98. The number of hydrogen-bond donors (Lipinski definition) is 1. The molecule has 1 aromatic carbocycles. The molecule has 0 aliphatic carbocycles. The standard InChI is InChI=1S/C13H17BrO3/c1-7(2)12(13(15)16)17-10-5-8(3)11(14)9(4)6-10/h5-7,12H,1-4H3,(H,15,16). The van der Waals surface area contributed by atoms with Crippen LogP contribution >= 0.6 is 15.9 Å². The Bertz CT molecular complexity index is 404. The number of carboxylic acid groups (broad SMARTS) is 1. The maximum absolute atomic E-state index is 11.0. The van der Waals surface area contributed by atoms with E-state index in [-0.39, 0.29) is 5.92 Å². The van der Waals surface area contributed by atoms with Crippen LogP contribution in [0.2, 0.25) is 0 Å². The molecular weight excluding hydrogens is 284 g/mol. The van der Waals surface area contributed by atoms with Crippen molar-refractivity contribution in [2.24, 2.45) is 5.92 Å². The third kappa shape index (κ3) is 3.46. The second-order valence-corrected chi connectivity index (χ2v) is 5.28. The summed E-state index contributed by atoms with van der Waals surface area (Å²) in [5, 5.41) is 9.06. The maximum Gasteiger partial charge on any atom is 0.345 e. The summed E-state index contributed by atoms with van der Waals surface area (Å²) in [7, 11) is 0. The van der Waals surface area contributed by atoms with E-state index in [1.165, 1.54) is 0 Å². The van der Waals surface area contributed by atoms with E-state index in [1.54, 1.807) is 0 Å². The van der Waals surface area contributed by atoms with Crippen molar-refractivity contribution >= 4 is 21.9 Å². The highest BCUT2D eigenvalue weighted by atomic mass is 79.9. The van der Waals surface area contributed by atoms with E-state index in [0.29, 0.717) is 5.75 Å². The second-order valence-electron chi connectivity index (χ2n) is 4.49. The summed E-state index contributed by atoms with van der Waals surface area (Å²) in [4.78, 5) is 11.0. The largest absolute Gasteiger partial charge is 0.478 e. The molecule has 1 unspecified atom stereocenters. The van der Waals surface area contributed by atoms with Gasteiger partial charge in [0.2, 0.25) is 0 Å². The highest BCUT2D eigenvalue weighted by Gasteiger charge is 2.23. The molecule has 0 fully saturated rings. The number of halogens is 1. The zero-order valence-electron chi connectivity index (χ0n) is 10.5. The zero-order valence-corrected chi connectivity index (χ0v) is 12.0. The van der Waals surface area contributed by atoms with Gasteiger partial charge in [0.1, 0.15) is 5.75 Å². The van der Waals surface area contributed by atoms with Crippen molar-refractivity contribution in [2.45, 2.75) is 33.8 Å². The highest BCUT2D eigenvalue weighted by molar-refractivity contribution is 9.10. The predicted octanol–water partition coefficient (Wildman–Crippen LogP) is 3.55. The summed E-state index contributed by atoms with van der Waals surface area (Å²) in [6, 6.07) is 3.69. The third-order valence-electron chi connectivity index (χ3n) is 2.52. The van der Waals surface area contributed by atoms with E-state index in [4.69, 9.17) is 9.84 Å². The van der Waals surface area contributed by atoms with Gasteiger partial charge in [0.05, 0.1) is 0 Å². The SMILES string of the molecule is Cc1cc(OC(C(=O)O)C(C)C)cc(C)c1Br. The molecule has 1 aromatic rings. The third-order valence-corrected chi connectivity index (χ3v) is 3.77. The van der Waals surface area contributed by atoms with E-state index in [2.05, 4.69) is 15.9 Å². The monoisotopic (exact) mass is 300 g/mol. The highest BCUT2D eigenvalue weighted by Crippen LogP contribution is 2.27. The Morgan fingerprint density at radius 2 is 1.76 bits per heavy atom. The number of aryl methyl sites for hydroxylation is 2. The van der Waals surface area contributed by atoms with Crippen LogP contribution < -0.4 is 4.74 Å². The quantitative estimate of drug-likeness (QED) is 0.925. The number of rotatable bonds is 4. The number of aliphatic carboxylic acids is 1. The first-order valence-corrected chi connectivity index (χ1v) is 6.28. The van der Waals surface area contributed by atoms with Crippen LogP contribution in [0, 0.1) is 19.8 Å². The van der Waals surface area contributed by atoms with Gasteiger partial charge in [-0.05, 0) is 37.1 Å². The Hall–Kier alpha value is -1.03. The average Bonchev–Trinajstić information content (AvgIpc) is 2.21. The van der Waals surface area contributed by atoms with Crippen LogP contribution in [0.3, 0.4) is 0 Å².